The van der Waals surface area contributed by atoms with Crippen LogP contribution in [0.5, 0.6) is 0 Å². The van der Waals surface area contributed by atoms with Crippen LogP contribution >= 0.6 is 0 Å². The number of benzene rings is 1. The first-order valence-electron chi connectivity index (χ1n) is 8.87. The molecule has 27 heavy (non-hydrogen) atoms. The van der Waals surface area contributed by atoms with Crippen LogP contribution in [0.1, 0.15) is 23.3 Å². The van der Waals surface area contributed by atoms with Crippen molar-refractivity contribution in [2.24, 2.45) is 5.92 Å². The van der Waals surface area contributed by atoms with Crippen LogP contribution in [0.4, 0.5) is 0 Å². The summed E-state index contributed by atoms with van der Waals surface area (Å²) in [5.74, 6) is 1.70. The monoisotopic (exact) mass is 363 g/mol. The first-order valence-corrected chi connectivity index (χ1v) is 8.87. The normalized spacial score (nSPS) is 16.5. The number of hydrogen-bond donors (Lipinski definition) is 1. The van der Waals surface area contributed by atoms with Gasteiger partial charge in [0.25, 0.3) is 0 Å². The van der Waals surface area contributed by atoms with Gasteiger partial charge in [0.2, 0.25) is 0 Å². The molecule has 0 radical (unpaired) electrons. The first kappa shape index (κ1) is 18.6. The highest BCUT2D eigenvalue weighted by Gasteiger charge is 2.24. The fraction of sp³-hybridized carbons (Fsp3) is 0.286. The minimum atomic E-state index is 0.194. The molecule has 0 saturated carbocycles. The molecule has 1 atom stereocenters. The van der Waals surface area contributed by atoms with E-state index < -0.39 is 0 Å². The Morgan fingerprint density at radius 1 is 1.30 bits per heavy atom. The summed E-state index contributed by atoms with van der Waals surface area (Å²) in [6.07, 6.45) is 6.50. The number of aromatic nitrogens is 1. The largest absolute Gasteiger partial charge is 0.468 e. The number of carbonyl (C=O) groups is 2. The van der Waals surface area contributed by atoms with Gasteiger partial charge in [-0.15, -0.1) is 0 Å². The van der Waals surface area contributed by atoms with Crippen molar-refractivity contribution < 1.29 is 14.0 Å². The van der Waals surface area contributed by atoms with Crippen LogP contribution in [0.2, 0.25) is 0 Å². The molecule has 1 N–H and O–H groups in total. The molecule has 6 nitrogen and oxygen atoms in total. The number of likely N-dealkylation sites (tertiary alicyclic amines) is 1. The molecule has 4 rings (SSSR count). The number of furan rings is 1. The summed E-state index contributed by atoms with van der Waals surface area (Å²) in [7, 11) is 0. The van der Waals surface area contributed by atoms with E-state index in [1.807, 2.05) is 30.3 Å². The molecule has 0 aliphatic carbocycles. The molecule has 3 heterocycles. The van der Waals surface area contributed by atoms with Crippen molar-refractivity contribution in [2.45, 2.75) is 19.4 Å². The van der Waals surface area contributed by atoms with Crippen molar-refractivity contribution in [1.82, 2.24) is 9.88 Å². The Kier molecular flexibility index (Phi) is 6.18. The van der Waals surface area contributed by atoms with Crippen LogP contribution in [0, 0.1) is 17.2 Å². The van der Waals surface area contributed by atoms with Gasteiger partial charge < -0.3 is 9.40 Å². The van der Waals surface area contributed by atoms with Crippen LogP contribution in [0.15, 0.2) is 47.2 Å². The van der Waals surface area contributed by atoms with E-state index in [-0.39, 0.29) is 12.6 Å². The summed E-state index contributed by atoms with van der Waals surface area (Å²) in [5.41, 5.74) is 3.16. The third kappa shape index (κ3) is 4.72. The molecule has 0 spiro atoms. The number of hydrogen-bond acceptors (Lipinski definition) is 5. The molecule has 0 bridgehead atoms. The number of nitrogens with one attached hydrogen (secondary N) is 1. The van der Waals surface area contributed by atoms with Gasteiger partial charge in [0.05, 0.1) is 24.4 Å². The zero-order valence-electron chi connectivity index (χ0n) is 14.9. The number of rotatable bonds is 5. The summed E-state index contributed by atoms with van der Waals surface area (Å²) in [4.78, 5) is 23.4. The van der Waals surface area contributed by atoms with Crippen molar-refractivity contribution in [2.75, 3.05) is 13.1 Å². The molecule has 1 unspecified atom stereocenters. The Balaban J connectivity index is 0.000000481. The van der Waals surface area contributed by atoms with E-state index in [9.17, 15) is 0 Å². The quantitative estimate of drug-likeness (QED) is 0.556. The predicted octanol–water partition coefficient (Wildman–Crippen LogP) is 3.08. The molecular formula is C21H21N3O3. The predicted molar refractivity (Wildman–Crippen MR) is 101 cm³/mol. The molecule has 2 aromatic heterocycles. The van der Waals surface area contributed by atoms with Gasteiger partial charge in [0.15, 0.2) is 12.6 Å². The lowest BCUT2D eigenvalue weighted by Gasteiger charge is -2.14. The highest BCUT2D eigenvalue weighted by atomic mass is 16.3. The summed E-state index contributed by atoms with van der Waals surface area (Å²) in [5, 5.41) is 10.3. The average molecular weight is 363 g/mol. The SMILES string of the molecule is N#Cc1ccc2[nH]cc(CC3CCN(Cc4ccco4)C3)c2c1.O=CC=O. The molecule has 138 valence electrons. The average Bonchev–Trinajstić information content (AvgIpc) is 3.45. The number of H-pyrrole nitrogens is 1. The Bertz CT molecular complexity index is 931. The van der Waals surface area contributed by atoms with E-state index in [1.165, 1.54) is 17.4 Å². The zero-order valence-corrected chi connectivity index (χ0v) is 14.9. The van der Waals surface area contributed by atoms with Crippen LogP contribution in [0.3, 0.4) is 0 Å². The highest BCUT2D eigenvalue weighted by molar-refractivity contribution is 6.09. The number of nitrogens with zero attached hydrogens (tertiary/aromatic N) is 2. The van der Waals surface area contributed by atoms with Gasteiger partial charge in [-0.05, 0) is 61.2 Å². The standard InChI is InChI=1S/C19H19N3O.C2H2O2/c20-10-14-3-4-19-18(9-14)16(11-21-19)8-15-5-6-22(12-15)13-17-2-1-7-23-17;3-1-2-4/h1-4,7,9,11,15,21H,5-6,8,12-13H2;1-2H. The summed E-state index contributed by atoms with van der Waals surface area (Å²) < 4.78 is 5.44. The van der Waals surface area contributed by atoms with Crippen LogP contribution in [-0.4, -0.2) is 35.5 Å². The van der Waals surface area contributed by atoms with Crippen molar-refractivity contribution in [1.29, 1.82) is 5.26 Å². The third-order valence-electron chi connectivity index (χ3n) is 4.79. The summed E-state index contributed by atoms with van der Waals surface area (Å²) in [6.45, 7) is 3.12. The highest BCUT2D eigenvalue weighted by Crippen LogP contribution is 2.27. The van der Waals surface area contributed by atoms with Crippen molar-refractivity contribution in [3.05, 3.63) is 59.7 Å². The molecule has 0 amide bonds. The molecule has 3 aromatic rings. The lowest BCUT2D eigenvalue weighted by atomic mass is 9.98. The Morgan fingerprint density at radius 3 is 2.85 bits per heavy atom. The fourth-order valence-electron chi connectivity index (χ4n) is 3.57. The number of nitriles is 1. The van der Waals surface area contributed by atoms with E-state index in [1.54, 1.807) is 6.26 Å². The van der Waals surface area contributed by atoms with Crippen molar-refractivity contribution in [3.8, 4) is 6.07 Å². The van der Waals surface area contributed by atoms with Crippen LogP contribution in [0.25, 0.3) is 10.9 Å². The lowest BCUT2D eigenvalue weighted by molar-refractivity contribution is -0.122. The maximum Gasteiger partial charge on any atom is 0.182 e. The molecule has 1 aliphatic heterocycles. The van der Waals surface area contributed by atoms with E-state index in [0.717, 1.165) is 42.9 Å². The number of aromatic amines is 1. The van der Waals surface area contributed by atoms with Gasteiger partial charge in [-0.1, -0.05) is 0 Å². The van der Waals surface area contributed by atoms with E-state index in [0.29, 0.717) is 5.92 Å². The fourth-order valence-corrected chi connectivity index (χ4v) is 3.57. The minimum Gasteiger partial charge on any atom is -0.468 e. The molecule has 1 fully saturated rings. The molecule has 1 aromatic carbocycles. The van der Waals surface area contributed by atoms with Crippen LogP contribution < -0.4 is 0 Å². The molecule has 1 saturated heterocycles. The van der Waals surface area contributed by atoms with E-state index in [2.05, 4.69) is 22.1 Å². The maximum absolute atomic E-state index is 9.09. The van der Waals surface area contributed by atoms with Gasteiger partial charge >= 0.3 is 0 Å². The second kappa shape index (κ2) is 8.97. The molecular weight excluding hydrogens is 342 g/mol. The smallest absolute Gasteiger partial charge is 0.182 e. The number of fused-ring (bicyclic) bond motifs is 1. The number of carbonyl (C=O) groups excluding carboxylic acids is 2. The Labute approximate surface area is 157 Å². The summed E-state index contributed by atoms with van der Waals surface area (Å²) in [6, 6.07) is 12.1. The third-order valence-corrected chi connectivity index (χ3v) is 4.79. The van der Waals surface area contributed by atoms with Gasteiger partial charge in [-0.2, -0.15) is 5.26 Å². The first-order chi connectivity index (χ1) is 13.2. The minimum absolute atomic E-state index is 0.194. The number of aldehydes is 2. The van der Waals surface area contributed by atoms with Gasteiger partial charge in [0.1, 0.15) is 5.76 Å². The summed E-state index contributed by atoms with van der Waals surface area (Å²) >= 11 is 0. The second-order valence-corrected chi connectivity index (χ2v) is 6.63. The molecule has 6 heteroatoms. The van der Waals surface area contributed by atoms with E-state index in [4.69, 9.17) is 19.3 Å². The van der Waals surface area contributed by atoms with E-state index >= 15 is 0 Å². The maximum atomic E-state index is 9.09. The van der Waals surface area contributed by atoms with Crippen LogP contribution in [-0.2, 0) is 22.6 Å². The van der Waals surface area contributed by atoms with Gasteiger partial charge in [-0.3, -0.25) is 14.5 Å². The Hall–Kier alpha value is -3.17. The van der Waals surface area contributed by atoms with Crippen molar-refractivity contribution >= 4 is 23.5 Å². The zero-order chi connectivity index (χ0) is 19.1. The van der Waals surface area contributed by atoms with Gasteiger partial charge in [-0.25, -0.2) is 0 Å². The van der Waals surface area contributed by atoms with Crippen molar-refractivity contribution in [3.63, 3.8) is 0 Å². The van der Waals surface area contributed by atoms with Gasteiger partial charge in [0, 0.05) is 23.6 Å². The molecule has 1 aliphatic rings. The Morgan fingerprint density at radius 2 is 2.15 bits per heavy atom. The lowest BCUT2D eigenvalue weighted by Crippen LogP contribution is -2.20. The topological polar surface area (TPSA) is 90.1 Å². The second-order valence-electron chi connectivity index (χ2n) is 6.63.